The van der Waals surface area contributed by atoms with E-state index in [1.165, 1.54) is 22.4 Å². The van der Waals surface area contributed by atoms with Crippen LogP contribution in [-0.2, 0) is 0 Å². The molecule has 0 bridgehead atoms. The quantitative estimate of drug-likeness (QED) is 0.561. The molecule has 5 rings (SSSR count). The van der Waals surface area contributed by atoms with Gasteiger partial charge < -0.3 is 25.0 Å². The van der Waals surface area contributed by atoms with Crippen molar-refractivity contribution in [3.05, 3.63) is 78.4 Å². The molecule has 2 aliphatic rings. The van der Waals surface area contributed by atoms with Gasteiger partial charge in [0.25, 0.3) is 0 Å². The first-order valence-corrected chi connectivity index (χ1v) is 10.8. The standard InChI is InChI=1S/C19H22N2O.C6H7BO2/c1-14-2-4-15(5-3-14)16-6-7-19-18(12-16)21-10-9-20-13-17(21)8-11-22-19;8-7(9)6-4-2-1-3-5-6/h2-7,12,17,20H,8-11,13H2,1H3;1-5,8-9H/t17-;/m0./s1. The first-order chi connectivity index (χ1) is 15.1. The normalized spacial score (nSPS) is 17.3. The fourth-order valence-electron chi connectivity index (χ4n) is 4.06. The van der Waals surface area contributed by atoms with E-state index in [-0.39, 0.29) is 0 Å². The van der Waals surface area contributed by atoms with Gasteiger partial charge in [0.15, 0.2) is 0 Å². The van der Waals surface area contributed by atoms with Crippen LogP contribution >= 0.6 is 0 Å². The highest BCUT2D eigenvalue weighted by atomic mass is 16.5. The van der Waals surface area contributed by atoms with Crippen molar-refractivity contribution in [2.45, 2.75) is 19.4 Å². The maximum Gasteiger partial charge on any atom is 0.488 e. The molecule has 160 valence electrons. The van der Waals surface area contributed by atoms with Gasteiger partial charge in [-0.1, -0.05) is 66.2 Å². The fraction of sp³-hybridized carbons (Fsp3) is 0.280. The summed E-state index contributed by atoms with van der Waals surface area (Å²) in [5, 5.41) is 20.7. The van der Waals surface area contributed by atoms with Crippen LogP contribution in [0.15, 0.2) is 72.8 Å². The average Bonchev–Trinajstić information content (AvgIpc) is 2.99. The molecule has 3 aromatic carbocycles. The topological polar surface area (TPSA) is 65.0 Å². The molecule has 6 heteroatoms. The highest BCUT2D eigenvalue weighted by molar-refractivity contribution is 6.58. The first kappa shape index (κ1) is 21.4. The molecule has 0 spiro atoms. The molecule has 5 nitrogen and oxygen atoms in total. The van der Waals surface area contributed by atoms with E-state index in [1.807, 2.05) is 6.07 Å². The summed E-state index contributed by atoms with van der Waals surface area (Å²) in [7, 11) is -1.34. The molecule has 0 amide bonds. The van der Waals surface area contributed by atoms with Gasteiger partial charge in [0.2, 0.25) is 0 Å². The van der Waals surface area contributed by atoms with Crippen molar-refractivity contribution >= 4 is 18.3 Å². The third-order valence-electron chi connectivity index (χ3n) is 5.81. The van der Waals surface area contributed by atoms with Gasteiger partial charge in [-0.05, 0) is 35.6 Å². The zero-order valence-corrected chi connectivity index (χ0v) is 17.9. The number of hydrogen-bond donors (Lipinski definition) is 3. The van der Waals surface area contributed by atoms with Crippen LogP contribution in [0.25, 0.3) is 11.1 Å². The molecule has 1 saturated heterocycles. The summed E-state index contributed by atoms with van der Waals surface area (Å²) in [4.78, 5) is 2.52. The minimum atomic E-state index is -1.34. The van der Waals surface area contributed by atoms with Crippen LogP contribution < -0.4 is 20.4 Å². The van der Waals surface area contributed by atoms with Crippen LogP contribution in [0.1, 0.15) is 12.0 Å². The monoisotopic (exact) mass is 416 g/mol. The Hall–Kier alpha value is -2.80. The van der Waals surface area contributed by atoms with Gasteiger partial charge in [-0.15, -0.1) is 0 Å². The molecule has 0 unspecified atom stereocenters. The highest BCUT2D eigenvalue weighted by Crippen LogP contribution is 2.37. The summed E-state index contributed by atoms with van der Waals surface area (Å²) < 4.78 is 5.98. The van der Waals surface area contributed by atoms with Gasteiger partial charge in [-0.3, -0.25) is 0 Å². The third-order valence-corrected chi connectivity index (χ3v) is 5.81. The van der Waals surface area contributed by atoms with Crippen LogP contribution in [0, 0.1) is 6.92 Å². The number of benzene rings is 3. The van der Waals surface area contributed by atoms with Crippen LogP contribution in [0.5, 0.6) is 5.75 Å². The molecule has 2 aliphatic heterocycles. The summed E-state index contributed by atoms with van der Waals surface area (Å²) >= 11 is 0. The number of aryl methyl sites for hydroxylation is 1. The van der Waals surface area contributed by atoms with E-state index in [1.54, 1.807) is 24.3 Å². The smallest absolute Gasteiger partial charge is 0.488 e. The molecule has 1 fully saturated rings. The number of ether oxygens (including phenoxy) is 1. The zero-order chi connectivity index (χ0) is 21.6. The zero-order valence-electron chi connectivity index (χ0n) is 17.9. The van der Waals surface area contributed by atoms with E-state index in [0.29, 0.717) is 11.5 Å². The van der Waals surface area contributed by atoms with Crippen molar-refractivity contribution in [3.63, 3.8) is 0 Å². The number of rotatable bonds is 2. The summed E-state index contributed by atoms with van der Waals surface area (Å²) in [6.45, 7) is 6.08. The molecular formula is C25H29BN2O3. The Bertz CT molecular complexity index is 980. The third kappa shape index (κ3) is 5.28. The number of anilines is 1. The Labute approximate surface area is 184 Å². The molecule has 0 radical (unpaired) electrons. The van der Waals surface area contributed by atoms with E-state index in [0.717, 1.165) is 38.4 Å². The van der Waals surface area contributed by atoms with E-state index in [2.05, 4.69) is 59.6 Å². The predicted octanol–water partition coefficient (Wildman–Crippen LogP) is 2.59. The summed E-state index contributed by atoms with van der Waals surface area (Å²) in [5.41, 5.74) is 5.61. The molecule has 3 aromatic rings. The lowest BCUT2D eigenvalue weighted by molar-refractivity contribution is 0.304. The molecular weight excluding hydrogens is 387 g/mol. The maximum absolute atomic E-state index is 8.58. The SMILES string of the molecule is Cc1ccc(-c2ccc3c(c2)N2CCNC[C@@H]2CCO3)cc1.OB(O)c1ccccc1. The van der Waals surface area contributed by atoms with E-state index < -0.39 is 7.12 Å². The van der Waals surface area contributed by atoms with Crippen LogP contribution in [0.4, 0.5) is 5.69 Å². The lowest BCUT2D eigenvalue weighted by Crippen LogP contribution is -2.51. The maximum atomic E-state index is 8.58. The number of nitrogens with one attached hydrogen (secondary N) is 1. The lowest BCUT2D eigenvalue weighted by atomic mass is 9.81. The number of fused-ring (bicyclic) bond motifs is 3. The van der Waals surface area contributed by atoms with E-state index in [4.69, 9.17) is 14.8 Å². The Balaban J connectivity index is 0.000000217. The van der Waals surface area contributed by atoms with Gasteiger partial charge in [-0.25, -0.2) is 0 Å². The van der Waals surface area contributed by atoms with Crippen molar-refractivity contribution in [3.8, 4) is 16.9 Å². The number of nitrogens with zero attached hydrogens (tertiary/aromatic N) is 1. The van der Waals surface area contributed by atoms with Crippen LogP contribution in [0.3, 0.4) is 0 Å². The van der Waals surface area contributed by atoms with Gasteiger partial charge >= 0.3 is 7.12 Å². The Kier molecular flexibility index (Phi) is 6.92. The number of hydrogen-bond acceptors (Lipinski definition) is 5. The fourth-order valence-corrected chi connectivity index (χ4v) is 4.06. The Morgan fingerprint density at radius 2 is 1.71 bits per heavy atom. The summed E-state index contributed by atoms with van der Waals surface area (Å²) in [5.74, 6) is 1.03. The van der Waals surface area contributed by atoms with Crippen molar-refractivity contribution in [2.24, 2.45) is 0 Å². The molecule has 0 aromatic heterocycles. The van der Waals surface area contributed by atoms with Gasteiger partial charge in [0.1, 0.15) is 5.75 Å². The first-order valence-electron chi connectivity index (χ1n) is 10.8. The molecule has 1 atom stereocenters. The largest absolute Gasteiger partial charge is 0.491 e. The second-order valence-corrected chi connectivity index (χ2v) is 8.02. The lowest BCUT2D eigenvalue weighted by Gasteiger charge is -2.36. The average molecular weight is 416 g/mol. The Morgan fingerprint density at radius 1 is 0.968 bits per heavy atom. The van der Waals surface area contributed by atoms with Crippen molar-refractivity contribution in [1.82, 2.24) is 5.32 Å². The van der Waals surface area contributed by atoms with E-state index >= 15 is 0 Å². The van der Waals surface area contributed by atoms with Gasteiger partial charge in [0, 0.05) is 32.1 Å². The van der Waals surface area contributed by atoms with Crippen molar-refractivity contribution < 1.29 is 14.8 Å². The minimum Gasteiger partial charge on any atom is -0.491 e. The van der Waals surface area contributed by atoms with Crippen LogP contribution in [-0.4, -0.2) is 49.4 Å². The summed E-state index contributed by atoms with van der Waals surface area (Å²) in [6.07, 6.45) is 1.08. The molecule has 31 heavy (non-hydrogen) atoms. The van der Waals surface area contributed by atoms with E-state index in [9.17, 15) is 0 Å². The minimum absolute atomic E-state index is 0.525. The summed E-state index contributed by atoms with van der Waals surface area (Å²) in [6, 6.07) is 24.5. The highest BCUT2D eigenvalue weighted by Gasteiger charge is 2.27. The van der Waals surface area contributed by atoms with Crippen molar-refractivity contribution in [1.29, 1.82) is 0 Å². The molecule has 2 heterocycles. The molecule has 0 aliphatic carbocycles. The number of piperazine rings is 1. The van der Waals surface area contributed by atoms with Crippen LogP contribution in [0.2, 0.25) is 0 Å². The molecule has 0 saturated carbocycles. The molecule has 3 N–H and O–H groups in total. The van der Waals surface area contributed by atoms with Crippen molar-refractivity contribution in [2.75, 3.05) is 31.1 Å². The Morgan fingerprint density at radius 3 is 2.42 bits per heavy atom. The second kappa shape index (κ2) is 10.0. The van der Waals surface area contributed by atoms with Gasteiger partial charge in [0.05, 0.1) is 12.3 Å². The predicted molar refractivity (Wildman–Crippen MR) is 127 cm³/mol. The van der Waals surface area contributed by atoms with Gasteiger partial charge in [-0.2, -0.15) is 0 Å². The second-order valence-electron chi connectivity index (χ2n) is 8.02.